The molecule has 0 bridgehead atoms. The lowest BCUT2D eigenvalue weighted by Gasteiger charge is -2.29. The number of amides is 1. The van der Waals surface area contributed by atoms with Gasteiger partial charge in [0.2, 0.25) is 5.78 Å². The number of ketones is 1. The van der Waals surface area contributed by atoms with Gasteiger partial charge in [-0.3, -0.25) is 9.59 Å². The van der Waals surface area contributed by atoms with Gasteiger partial charge >= 0.3 is 0 Å². The van der Waals surface area contributed by atoms with Crippen LogP contribution in [0.3, 0.4) is 0 Å². The minimum atomic E-state index is -0.955. The fourth-order valence-corrected chi connectivity index (χ4v) is 4.52. The highest BCUT2D eigenvalue weighted by Crippen LogP contribution is 2.38. The van der Waals surface area contributed by atoms with Gasteiger partial charge in [-0.15, -0.1) is 0 Å². The van der Waals surface area contributed by atoms with Crippen LogP contribution in [-0.4, -0.2) is 56.0 Å². The number of nitrogens with zero attached hydrogens (tertiary/aromatic N) is 6. The van der Waals surface area contributed by atoms with E-state index >= 15 is 0 Å². The number of pyridine rings is 1. The Hall–Kier alpha value is -4.39. The summed E-state index contributed by atoms with van der Waals surface area (Å²) >= 11 is 0. The van der Waals surface area contributed by atoms with Gasteiger partial charge in [-0.25, -0.2) is 19.0 Å². The highest BCUT2D eigenvalue weighted by atomic mass is 19.1. The van der Waals surface area contributed by atoms with E-state index in [-0.39, 0.29) is 12.1 Å². The molecule has 1 atom stereocenters. The molecule has 0 spiro atoms. The summed E-state index contributed by atoms with van der Waals surface area (Å²) in [6, 6.07) is 11.7. The molecule has 2 aromatic heterocycles. The number of fused-ring (bicyclic) bond motifs is 1. The Labute approximate surface area is 194 Å². The fraction of sp³-hybridized carbons (Fsp3) is 0.250. The van der Waals surface area contributed by atoms with Crippen molar-refractivity contribution < 1.29 is 14.0 Å². The maximum Gasteiger partial charge on any atom is 0.290 e. The Bertz CT molecular complexity index is 1320. The molecule has 4 heterocycles. The number of piperidine rings is 1. The zero-order valence-electron chi connectivity index (χ0n) is 18.1. The summed E-state index contributed by atoms with van der Waals surface area (Å²) in [7, 11) is 0. The molecule has 2 aliphatic heterocycles. The molecule has 1 amide bonds. The van der Waals surface area contributed by atoms with Gasteiger partial charge in [0.25, 0.3) is 5.91 Å². The molecule has 1 unspecified atom stereocenters. The van der Waals surface area contributed by atoms with Gasteiger partial charge in [0.1, 0.15) is 18.5 Å². The Morgan fingerprint density at radius 3 is 2.62 bits per heavy atom. The van der Waals surface area contributed by atoms with Crippen molar-refractivity contribution in [2.24, 2.45) is 0 Å². The molecule has 9 nitrogen and oxygen atoms in total. The van der Waals surface area contributed by atoms with Gasteiger partial charge < -0.3 is 10.2 Å². The number of halogens is 1. The SMILES string of the molecule is N#CC(=C1CCN(C(=O)C(=O)C2CNc3c(-n4cncn4)ncc(F)c32)CC1)c1ccccc1. The van der Waals surface area contributed by atoms with E-state index in [1.54, 1.807) is 0 Å². The molecule has 34 heavy (non-hydrogen) atoms. The van der Waals surface area contributed by atoms with Crippen LogP contribution in [0.4, 0.5) is 10.1 Å². The Balaban J connectivity index is 1.34. The summed E-state index contributed by atoms with van der Waals surface area (Å²) in [6.07, 6.45) is 4.79. The number of hydrogen-bond donors (Lipinski definition) is 1. The first-order chi connectivity index (χ1) is 16.6. The second-order valence-electron chi connectivity index (χ2n) is 8.10. The number of allylic oxidation sites excluding steroid dienone is 1. The van der Waals surface area contributed by atoms with E-state index in [0.717, 1.165) is 17.3 Å². The van der Waals surface area contributed by atoms with Crippen LogP contribution < -0.4 is 5.32 Å². The number of Topliss-reactive ketones (excluding diaryl/α,β-unsaturated/α-hetero) is 1. The first-order valence-electron chi connectivity index (χ1n) is 10.9. The minimum Gasteiger partial charge on any atom is -0.381 e. The molecule has 3 aromatic rings. The van der Waals surface area contributed by atoms with Gasteiger partial charge in [-0.05, 0) is 24.0 Å². The van der Waals surface area contributed by atoms with E-state index in [1.165, 1.54) is 22.2 Å². The molecule has 170 valence electrons. The lowest BCUT2D eigenvalue weighted by atomic mass is 9.92. The molecule has 2 aliphatic rings. The number of benzene rings is 1. The van der Waals surface area contributed by atoms with Crippen LogP contribution >= 0.6 is 0 Å². The van der Waals surface area contributed by atoms with Crippen LogP contribution in [0.2, 0.25) is 0 Å². The van der Waals surface area contributed by atoms with Crippen LogP contribution in [0.5, 0.6) is 0 Å². The smallest absolute Gasteiger partial charge is 0.290 e. The number of rotatable bonds is 4. The molecule has 0 aliphatic carbocycles. The second-order valence-corrected chi connectivity index (χ2v) is 8.10. The second kappa shape index (κ2) is 8.86. The summed E-state index contributed by atoms with van der Waals surface area (Å²) in [5, 5.41) is 16.7. The number of nitriles is 1. The highest BCUT2D eigenvalue weighted by Gasteiger charge is 2.39. The number of carbonyl (C=O) groups is 2. The van der Waals surface area contributed by atoms with E-state index in [9.17, 15) is 19.2 Å². The van der Waals surface area contributed by atoms with Gasteiger partial charge in [0, 0.05) is 25.2 Å². The van der Waals surface area contributed by atoms with Gasteiger partial charge in [0.05, 0.1) is 29.4 Å². The molecule has 0 radical (unpaired) electrons. The largest absolute Gasteiger partial charge is 0.381 e. The minimum absolute atomic E-state index is 0.0931. The van der Waals surface area contributed by atoms with Crippen molar-refractivity contribution in [2.75, 3.05) is 25.0 Å². The van der Waals surface area contributed by atoms with Crippen LogP contribution in [0.15, 0.2) is 54.8 Å². The van der Waals surface area contributed by atoms with Crippen molar-refractivity contribution in [1.82, 2.24) is 24.6 Å². The average molecular weight is 457 g/mol. The third-order valence-electron chi connectivity index (χ3n) is 6.23. The molecule has 1 saturated heterocycles. The zero-order chi connectivity index (χ0) is 23.7. The van der Waals surface area contributed by atoms with Crippen molar-refractivity contribution in [3.63, 3.8) is 0 Å². The summed E-state index contributed by atoms with van der Waals surface area (Å²) in [5.74, 6) is -2.61. The lowest BCUT2D eigenvalue weighted by molar-refractivity contribution is -0.145. The first kappa shape index (κ1) is 21.5. The monoisotopic (exact) mass is 457 g/mol. The van der Waals surface area contributed by atoms with Crippen LogP contribution in [-0.2, 0) is 9.59 Å². The standard InChI is InChI=1S/C24H20FN7O2/c25-19-12-29-23(32-14-27-13-30-32)21-20(19)18(11-28-21)22(33)24(34)31-8-6-16(7-9-31)17(10-26)15-4-2-1-3-5-15/h1-5,12-14,18,28H,6-9,11H2. The quantitative estimate of drug-likeness (QED) is 0.472. The Morgan fingerprint density at radius 1 is 1.18 bits per heavy atom. The number of likely N-dealkylation sites (tertiary alicyclic amines) is 1. The molecule has 5 rings (SSSR count). The number of aromatic nitrogens is 4. The molecular weight excluding hydrogens is 437 g/mol. The molecule has 1 fully saturated rings. The third kappa shape index (κ3) is 3.71. The number of carbonyl (C=O) groups excluding carboxylic acids is 2. The van der Waals surface area contributed by atoms with Gasteiger partial charge in [0.15, 0.2) is 5.82 Å². The lowest BCUT2D eigenvalue weighted by Crippen LogP contribution is -2.42. The summed E-state index contributed by atoms with van der Waals surface area (Å²) in [6.45, 7) is 0.748. The van der Waals surface area contributed by atoms with E-state index in [2.05, 4.69) is 26.5 Å². The normalized spacial score (nSPS) is 17.0. The van der Waals surface area contributed by atoms with Crippen molar-refractivity contribution in [1.29, 1.82) is 5.26 Å². The fourth-order valence-electron chi connectivity index (χ4n) is 4.52. The molecule has 1 N–H and O–H groups in total. The van der Waals surface area contributed by atoms with E-state index < -0.39 is 23.4 Å². The first-order valence-corrected chi connectivity index (χ1v) is 10.9. The predicted octanol–water partition coefficient (Wildman–Crippen LogP) is 2.48. The Morgan fingerprint density at radius 2 is 1.94 bits per heavy atom. The predicted molar refractivity (Wildman–Crippen MR) is 120 cm³/mol. The van der Waals surface area contributed by atoms with E-state index in [1.807, 2.05) is 30.3 Å². The zero-order valence-corrected chi connectivity index (χ0v) is 18.1. The van der Waals surface area contributed by atoms with Gasteiger partial charge in [-0.1, -0.05) is 30.3 Å². The maximum absolute atomic E-state index is 14.7. The maximum atomic E-state index is 14.7. The van der Waals surface area contributed by atoms with Crippen LogP contribution in [0.25, 0.3) is 11.4 Å². The molecule has 10 heteroatoms. The Kier molecular flexibility index (Phi) is 5.59. The average Bonchev–Trinajstić information content (AvgIpc) is 3.56. The topological polar surface area (TPSA) is 117 Å². The summed E-state index contributed by atoms with van der Waals surface area (Å²) < 4.78 is 16.1. The number of nitrogens with one attached hydrogen (secondary N) is 1. The van der Waals surface area contributed by atoms with E-state index in [0.29, 0.717) is 43.0 Å². The van der Waals surface area contributed by atoms with Crippen LogP contribution in [0.1, 0.15) is 29.9 Å². The van der Waals surface area contributed by atoms with E-state index in [4.69, 9.17) is 0 Å². The highest BCUT2D eigenvalue weighted by molar-refractivity contribution is 6.38. The van der Waals surface area contributed by atoms with Crippen molar-refractivity contribution >= 4 is 23.0 Å². The number of hydrogen-bond acceptors (Lipinski definition) is 7. The van der Waals surface area contributed by atoms with Crippen molar-refractivity contribution in [3.05, 3.63) is 71.7 Å². The number of anilines is 1. The van der Waals surface area contributed by atoms with Crippen molar-refractivity contribution in [2.45, 2.75) is 18.8 Å². The van der Waals surface area contributed by atoms with Crippen molar-refractivity contribution in [3.8, 4) is 11.9 Å². The molecular formula is C24H20FN7O2. The van der Waals surface area contributed by atoms with Gasteiger partial charge in [-0.2, -0.15) is 10.4 Å². The molecule has 1 aromatic carbocycles. The van der Waals surface area contributed by atoms with Crippen LogP contribution in [0, 0.1) is 17.1 Å². The molecule has 0 saturated carbocycles. The summed E-state index contributed by atoms with van der Waals surface area (Å²) in [4.78, 5) is 35.6. The third-order valence-corrected chi connectivity index (χ3v) is 6.23. The summed E-state index contributed by atoms with van der Waals surface area (Å²) in [5.41, 5.74) is 2.88.